The fourth-order valence-electron chi connectivity index (χ4n) is 5.47. The molecule has 0 aliphatic carbocycles. The number of likely N-dealkylation sites (tertiary alicyclic amines) is 1. The van der Waals surface area contributed by atoms with Crippen molar-refractivity contribution >= 4 is 5.91 Å². The monoisotopic (exact) mass is 437 g/mol. The van der Waals surface area contributed by atoms with Gasteiger partial charge in [-0.3, -0.25) is 14.4 Å². The van der Waals surface area contributed by atoms with Crippen LogP contribution in [0.4, 0.5) is 0 Å². The van der Waals surface area contributed by atoms with E-state index < -0.39 is 0 Å². The molecule has 6 heteroatoms. The third-order valence-corrected chi connectivity index (χ3v) is 7.24. The van der Waals surface area contributed by atoms with Gasteiger partial charge in [-0.1, -0.05) is 30.3 Å². The highest BCUT2D eigenvalue weighted by Gasteiger charge is 2.36. The molecule has 1 aromatic heterocycles. The number of aryl methyl sites for hydroxylation is 2. The summed E-state index contributed by atoms with van der Waals surface area (Å²) >= 11 is 0. The Labute approximate surface area is 193 Å². The van der Waals surface area contributed by atoms with E-state index in [4.69, 9.17) is 0 Å². The molecule has 2 aliphatic rings. The Bertz CT molecular complexity index is 880. The number of fused-ring (bicyclic) bond motifs is 2. The predicted octanol–water partition coefficient (Wildman–Crippen LogP) is 3.45. The van der Waals surface area contributed by atoms with Crippen LogP contribution in [0.15, 0.2) is 36.5 Å². The van der Waals surface area contributed by atoms with Gasteiger partial charge in [0.25, 0.3) is 0 Å². The first-order chi connectivity index (χ1) is 15.5. The quantitative estimate of drug-likeness (QED) is 0.653. The lowest BCUT2D eigenvalue weighted by molar-refractivity contribution is -0.130. The molecule has 2 fully saturated rings. The molecule has 0 radical (unpaired) electrons. The normalized spacial score (nSPS) is 23.3. The van der Waals surface area contributed by atoms with Gasteiger partial charge in [-0.25, -0.2) is 0 Å². The number of hydrogen-bond acceptors (Lipinski definition) is 4. The van der Waals surface area contributed by atoms with E-state index in [2.05, 4.69) is 58.8 Å². The maximum Gasteiger partial charge on any atom is 0.222 e. The van der Waals surface area contributed by atoms with Crippen LogP contribution in [0, 0.1) is 18.8 Å². The average molecular weight is 438 g/mol. The summed E-state index contributed by atoms with van der Waals surface area (Å²) in [4.78, 5) is 17.2. The molecule has 3 atom stereocenters. The van der Waals surface area contributed by atoms with Crippen LogP contribution in [0.1, 0.15) is 49.4 Å². The Morgan fingerprint density at radius 1 is 1.25 bits per heavy atom. The van der Waals surface area contributed by atoms with Crippen molar-refractivity contribution in [1.29, 1.82) is 0 Å². The number of piperidine rings is 2. The van der Waals surface area contributed by atoms with Gasteiger partial charge in [0.1, 0.15) is 0 Å². The molecule has 2 saturated heterocycles. The average Bonchev–Trinajstić information content (AvgIpc) is 3.15. The van der Waals surface area contributed by atoms with E-state index in [0.717, 1.165) is 56.2 Å². The predicted molar refractivity (Wildman–Crippen MR) is 128 cm³/mol. The van der Waals surface area contributed by atoms with Crippen molar-refractivity contribution in [2.75, 3.05) is 26.7 Å². The Morgan fingerprint density at radius 2 is 2.06 bits per heavy atom. The third-order valence-electron chi connectivity index (χ3n) is 7.24. The molecule has 174 valence electrons. The molecule has 2 aromatic rings. The van der Waals surface area contributed by atoms with Gasteiger partial charge in [0.05, 0.1) is 5.69 Å². The molecule has 3 heterocycles. The molecule has 2 aliphatic heterocycles. The second-order valence-corrected chi connectivity index (χ2v) is 9.79. The molecule has 1 amide bonds. The summed E-state index contributed by atoms with van der Waals surface area (Å²) in [5.74, 6) is 1.69. The van der Waals surface area contributed by atoms with Crippen LogP contribution in [0.3, 0.4) is 0 Å². The van der Waals surface area contributed by atoms with E-state index in [-0.39, 0.29) is 5.91 Å². The number of amides is 1. The van der Waals surface area contributed by atoms with Crippen LogP contribution in [0.2, 0.25) is 0 Å². The topological polar surface area (TPSA) is 53.4 Å². The fraction of sp³-hybridized carbons (Fsp3) is 0.615. The molecule has 6 nitrogen and oxygen atoms in total. The van der Waals surface area contributed by atoms with E-state index >= 15 is 0 Å². The van der Waals surface area contributed by atoms with Gasteiger partial charge in [-0.05, 0) is 57.1 Å². The minimum absolute atomic E-state index is 0.233. The zero-order valence-corrected chi connectivity index (χ0v) is 20.0. The summed E-state index contributed by atoms with van der Waals surface area (Å²) in [6.45, 7) is 10.1. The smallest absolute Gasteiger partial charge is 0.222 e. The zero-order chi connectivity index (χ0) is 22.5. The van der Waals surface area contributed by atoms with E-state index in [1.165, 1.54) is 18.5 Å². The molecule has 1 aromatic carbocycles. The Balaban J connectivity index is 1.23. The maximum absolute atomic E-state index is 12.7. The van der Waals surface area contributed by atoms with Gasteiger partial charge in [0.2, 0.25) is 5.91 Å². The van der Waals surface area contributed by atoms with Crippen molar-refractivity contribution < 1.29 is 4.79 Å². The number of nitrogens with one attached hydrogen (secondary N) is 1. The molecule has 0 unspecified atom stereocenters. The van der Waals surface area contributed by atoms with Crippen LogP contribution in [-0.4, -0.2) is 58.2 Å². The highest BCUT2D eigenvalue weighted by Crippen LogP contribution is 2.31. The lowest BCUT2D eigenvalue weighted by Gasteiger charge is -2.46. The lowest BCUT2D eigenvalue weighted by Crippen LogP contribution is -2.55. The first-order valence-electron chi connectivity index (χ1n) is 12.3. The zero-order valence-electron chi connectivity index (χ0n) is 20.0. The summed E-state index contributed by atoms with van der Waals surface area (Å²) in [6.07, 6.45) is 6.06. The number of aromatic nitrogens is 2. The summed E-state index contributed by atoms with van der Waals surface area (Å²) in [7, 11) is 1.91. The summed E-state index contributed by atoms with van der Waals surface area (Å²) in [5, 5.41) is 8.30. The number of benzene rings is 1. The van der Waals surface area contributed by atoms with Crippen molar-refractivity contribution in [1.82, 2.24) is 24.9 Å². The Hall–Kier alpha value is -2.18. The largest absolute Gasteiger partial charge is 0.341 e. The van der Waals surface area contributed by atoms with Crippen molar-refractivity contribution in [2.45, 2.75) is 65.2 Å². The minimum Gasteiger partial charge on any atom is -0.341 e. The van der Waals surface area contributed by atoms with Gasteiger partial charge < -0.3 is 10.2 Å². The number of carbonyl (C=O) groups is 1. The number of carbonyl (C=O) groups excluding carboxylic acids is 1. The highest BCUT2D eigenvalue weighted by atomic mass is 16.2. The standard InChI is InChI=1S/C26H39N5O/c1-4-31-19-24(20(2)28-31)17-29(3)26(32)12-8-11-25-23-13-22(14-27-25)16-30(18-23)15-21-9-6-5-7-10-21/h5-7,9-10,19,22-23,25,27H,4,8,11-18H2,1-3H3/t22-,23-,25+/m0/s1. The fourth-order valence-corrected chi connectivity index (χ4v) is 5.47. The van der Waals surface area contributed by atoms with Crippen LogP contribution >= 0.6 is 0 Å². The van der Waals surface area contributed by atoms with Crippen molar-refractivity contribution in [3.63, 3.8) is 0 Å². The molecular weight excluding hydrogens is 398 g/mol. The maximum atomic E-state index is 12.7. The molecule has 4 rings (SSSR count). The Morgan fingerprint density at radius 3 is 2.81 bits per heavy atom. The molecular formula is C26H39N5O. The van der Waals surface area contributed by atoms with E-state index in [1.807, 2.05) is 23.6 Å². The third kappa shape index (κ3) is 5.78. The van der Waals surface area contributed by atoms with Crippen LogP contribution in [0.25, 0.3) is 0 Å². The number of nitrogens with zero attached hydrogens (tertiary/aromatic N) is 4. The van der Waals surface area contributed by atoms with E-state index in [0.29, 0.717) is 24.9 Å². The van der Waals surface area contributed by atoms with Gasteiger partial charge in [-0.2, -0.15) is 5.10 Å². The summed E-state index contributed by atoms with van der Waals surface area (Å²) < 4.78 is 1.94. The molecule has 0 spiro atoms. The SMILES string of the molecule is CCn1cc(CN(C)C(=O)CCC[C@H]2NC[C@@H]3C[C@H]2CN(Cc2ccccc2)C3)c(C)n1. The van der Waals surface area contributed by atoms with Crippen LogP contribution in [0.5, 0.6) is 0 Å². The van der Waals surface area contributed by atoms with Gasteiger partial charge in [0.15, 0.2) is 0 Å². The minimum atomic E-state index is 0.233. The highest BCUT2D eigenvalue weighted by molar-refractivity contribution is 5.75. The van der Waals surface area contributed by atoms with Gasteiger partial charge in [-0.15, -0.1) is 0 Å². The van der Waals surface area contributed by atoms with E-state index in [9.17, 15) is 4.79 Å². The van der Waals surface area contributed by atoms with Crippen LogP contribution < -0.4 is 5.32 Å². The van der Waals surface area contributed by atoms with E-state index in [1.54, 1.807) is 0 Å². The first kappa shape index (κ1) is 23.0. The molecule has 2 bridgehead atoms. The number of rotatable bonds is 9. The summed E-state index contributed by atoms with van der Waals surface area (Å²) in [5.41, 5.74) is 3.57. The molecule has 0 saturated carbocycles. The summed E-state index contributed by atoms with van der Waals surface area (Å²) in [6, 6.07) is 11.4. The van der Waals surface area contributed by atoms with Gasteiger partial charge in [0, 0.05) is 64.0 Å². The van der Waals surface area contributed by atoms with Crippen molar-refractivity contribution in [2.24, 2.45) is 11.8 Å². The first-order valence-corrected chi connectivity index (χ1v) is 12.3. The number of hydrogen-bond donors (Lipinski definition) is 1. The van der Waals surface area contributed by atoms with Gasteiger partial charge >= 0.3 is 0 Å². The lowest BCUT2D eigenvalue weighted by atomic mass is 9.79. The van der Waals surface area contributed by atoms with Crippen molar-refractivity contribution in [3.05, 3.63) is 53.3 Å². The van der Waals surface area contributed by atoms with Crippen molar-refractivity contribution in [3.8, 4) is 0 Å². The second kappa shape index (κ2) is 10.6. The second-order valence-electron chi connectivity index (χ2n) is 9.79. The van der Waals surface area contributed by atoms with Crippen LogP contribution in [-0.2, 0) is 24.4 Å². The molecule has 32 heavy (non-hydrogen) atoms. The Kier molecular flexibility index (Phi) is 7.63. The molecule has 1 N–H and O–H groups in total.